The van der Waals surface area contributed by atoms with Gasteiger partial charge < -0.3 is 13.9 Å². The molecule has 61 heavy (non-hydrogen) atoms. The molecule has 2 aromatic heterocycles. The summed E-state index contributed by atoms with van der Waals surface area (Å²) in [5.41, 5.74) is 20.5. The second-order valence-corrected chi connectivity index (χ2v) is 19.3. The molecular formula is C58H48N2O. The maximum Gasteiger partial charge on any atom is 0.135 e. The van der Waals surface area contributed by atoms with Gasteiger partial charge in [0.05, 0.1) is 16.7 Å². The van der Waals surface area contributed by atoms with Gasteiger partial charge in [-0.25, -0.2) is 0 Å². The topological polar surface area (TPSA) is 21.3 Å². The van der Waals surface area contributed by atoms with Crippen LogP contribution in [0.3, 0.4) is 0 Å². The number of anilines is 3. The van der Waals surface area contributed by atoms with Crippen LogP contribution in [0.5, 0.6) is 0 Å². The van der Waals surface area contributed by atoms with Crippen LogP contribution in [-0.4, -0.2) is 4.57 Å². The number of benzene rings is 8. The summed E-state index contributed by atoms with van der Waals surface area (Å²) in [6.07, 6.45) is 0. The highest BCUT2D eigenvalue weighted by Gasteiger charge is 2.50. The Labute approximate surface area is 357 Å². The molecule has 10 aromatic rings. The normalized spacial score (nSPS) is 14.7. The van der Waals surface area contributed by atoms with E-state index in [1.165, 1.54) is 77.6 Å². The molecule has 3 heteroatoms. The van der Waals surface area contributed by atoms with E-state index in [1.54, 1.807) is 0 Å². The van der Waals surface area contributed by atoms with Gasteiger partial charge in [0.1, 0.15) is 11.2 Å². The SMILES string of the molecule is CC(C)(C)c1c2c(c(N(c3ccc4oc5ccccc5c4c3)c3ccc4c(c3)c3ccccc3n4-c3ccccc3)c3c1-c1ccccc1C3(C)C)C(C)(C)c1ccccc1-2. The van der Waals surface area contributed by atoms with Gasteiger partial charge in [0.15, 0.2) is 0 Å². The van der Waals surface area contributed by atoms with Crippen LogP contribution >= 0.6 is 0 Å². The van der Waals surface area contributed by atoms with Crippen LogP contribution in [0.15, 0.2) is 168 Å². The lowest BCUT2D eigenvalue weighted by molar-refractivity contribution is 0.587. The maximum atomic E-state index is 6.48. The Balaban J connectivity index is 1.27. The van der Waals surface area contributed by atoms with Crippen molar-refractivity contribution in [3.05, 3.63) is 192 Å². The first-order chi connectivity index (χ1) is 29.4. The number of fused-ring (bicyclic) bond motifs is 12. The van der Waals surface area contributed by atoms with Crippen molar-refractivity contribution in [3.8, 4) is 27.9 Å². The van der Waals surface area contributed by atoms with Crippen LogP contribution in [0.4, 0.5) is 17.1 Å². The molecule has 3 nitrogen and oxygen atoms in total. The fraction of sp³-hybridized carbons (Fsp3) is 0.172. The first-order valence-corrected chi connectivity index (χ1v) is 21.7. The van der Waals surface area contributed by atoms with Crippen molar-refractivity contribution in [1.82, 2.24) is 4.57 Å². The molecule has 296 valence electrons. The van der Waals surface area contributed by atoms with Gasteiger partial charge in [-0.05, 0) is 116 Å². The highest BCUT2D eigenvalue weighted by Crippen LogP contribution is 2.66. The Hall–Kier alpha value is -6.84. The second kappa shape index (κ2) is 12.4. The van der Waals surface area contributed by atoms with Crippen molar-refractivity contribution in [1.29, 1.82) is 0 Å². The molecule has 0 radical (unpaired) electrons. The van der Waals surface area contributed by atoms with Crippen molar-refractivity contribution >= 4 is 60.8 Å². The van der Waals surface area contributed by atoms with Gasteiger partial charge in [-0.2, -0.15) is 0 Å². The van der Waals surface area contributed by atoms with Crippen molar-refractivity contribution < 1.29 is 4.42 Å². The zero-order valence-electron chi connectivity index (χ0n) is 35.9. The van der Waals surface area contributed by atoms with E-state index in [0.717, 1.165) is 39.0 Å². The van der Waals surface area contributed by atoms with E-state index in [1.807, 2.05) is 0 Å². The fourth-order valence-corrected chi connectivity index (χ4v) is 11.4. The number of nitrogens with zero attached hydrogens (tertiary/aromatic N) is 2. The minimum absolute atomic E-state index is 0.147. The van der Waals surface area contributed by atoms with Gasteiger partial charge in [0.25, 0.3) is 0 Å². The minimum Gasteiger partial charge on any atom is -0.456 e. The zero-order chi connectivity index (χ0) is 41.6. The maximum absolute atomic E-state index is 6.48. The van der Waals surface area contributed by atoms with Crippen molar-refractivity contribution in [2.75, 3.05) is 4.90 Å². The highest BCUT2D eigenvalue weighted by atomic mass is 16.3. The summed E-state index contributed by atoms with van der Waals surface area (Å²) < 4.78 is 8.89. The van der Waals surface area contributed by atoms with Crippen molar-refractivity contribution in [3.63, 3.8) is 0 Å². The van der Waals surface area contributed by atoms with Gasteiger partial charge in [-0.3, -0.25) is 0 Å². The monoisotopic (exact) mass is 788 g/mol. The second-order valence-electron chi connectivity index (χ2n) is 19.3. The molecule has 2 heterocycles. The molecule has 12 rings (SSSR count). The fourth-order valence-electron chi connectivity index (χ4n) is 11.4. The summed E-state index contributed by atoms with van der Waals surface area (Å²) in [4.78, 5) is 2.63. The van der Waals surface area contributed by atoms with Gasteiger partial charge in [0, 0.05) is 49.4 Å². The molecule has 0 saturated carbocycles. The molecule has 0 unspecified atom stereocenters. The molecular weight excluding hydrogens is 741 g/mol. The molecule has 0 N–H and O–H groups in total. The number of furan rings is 1. The quantitative estimate of drug-likeness (QED) is 0.177. The van der Waals surface area contributed by atoms with Gasteiger partial charge in [-0.1, -0.05) is 152 Å². The van der Waals surface area contributed by atoms with E-state index in [0.29, 0.717) is 0 Å². The molecule has 0 aliphatic heterocycles. The van der Waals surface area contributed by atoms with Gasteiger partial charge in [-0.15, -0.1) is 0 Å². The lowest BCUT2D eigenvalue weighted by Crippen LogP contribution is -2.27. The third-order valence-corrected chi connectivity index (χ3v) is 14.0. The predicted molar refractivity (Wildman–Crippen MR) is 257 cm³/mol. The Bertz CT molecular complexity index is 3380. The smallest absolute Gasteiger partial charge is 0.135 e. The predicted octanol–water partition coefficient (Wildman–Crippen LogP) is 16.1. The van der Waals surface area contributed by atoms with Crippen molar-refractivity contribution in [2.45, 2.75) is 64.7 Å². The zero-order valence-corrected chi connectivity index (χ0v) is 35.9. The summed E-state index contributed by atoms with van der Waals surface area (Å²) in [7, 11) is 0. The first kappa shape index (κ1) is 36.0. The number of para-hydroxylation sites is 3. The Morgan fingerprint density at radius 1 is 0.475 bits per heavy atom. The number of rotatable bonds is 4. The summed E-state index contributed by atoms with van der Waals surface area (Å²) in [5.74, 6) is 0. The lowest BCUT2D eigenvalue weighted by Gasteiger charge is -2.39. The average molecular weight is 789 g/mol. The molecule has 2 aliphatic rings. The Morgan fingerprint density at radius 3 is 1.64 bits per heavy atom. The average Bonchev–Trinajstić information content (AvgIpc) is 3.94. The standard InChI is InChI=1S/C58H48N2O/c1-56(2,3)52-50-40-23-11-15-25-44(40)57(4,5)53(50)55(54-51(52)41-24-12-16-26-45(41)58(54,6)7)59(37-30-32-49-43(34-37)39-22-14-18-28-48(39)61-49)36-29-31-47-42(33-36)38-21-13-17-27-46(38)60(47)35-19-9-8-10-20-35/h8-34H,1-7H3. The van der Waals surface area contributed by atoms with E-state index >= 15 is 0 Å². The van der Waals surface area contributed by atoms with E-state index < -0.39 is 0 Å². The number of hydrogen-bond acceptors (Lipinski definition) is 2. The third kappa shape index (κ3) is 4.86. The van der Waals surface area contributed by atoms with E-state index in [2.05, 4.69) is 222 Å². The molecule has 0 fully saturated rings. The molecule has 0 spiro atoms. The largest absolute Gasteiger partial charge is 0.456 e. The van der Waals surface area contributed by atoms with Crippen molar-refractivity contribution in [2.24, 2.45) is 0 Å². The summed E-state index contributed by atoms with van der Waals surface area (Å²) in [6.45, 7) is 17.1. The molecule has 0 saturated heterocycles. The van der Waals surface area contributed by atoms with Crippen LogP contribution in [0.25, 0.3) is 71.7 Å². The highest BCUT2D eigenvalue weighted by molar-refractivity contribution is 6.12. The van der Waals surface area contributed by atoms with Crippen LogP contribution in [0, 0.1) is 0 Å². The molecule has 0 bridgehead atoms. The van der Waals surface area contributed by atoms with Gasteiger partial charge in [0.2, 0.25) is 0 Å². The number of hydrogen-bond donors (Lipinski definition) is 0. The van der Waals surface area contributed by atoms with E-state index in [9.17, 15) is 0 Å². The summed E-state index contributed by atoms with van der Waals surface area (Å²) >= 11 is 0. The molecule has 0 amide bonds. The first-order valence-electron chi connectivity index (χ1n) is 21.7. The Morgan fingerprint density at radius 2 is 0.984 bits per heavy atom. The van der Waals surface area contributed by atoms with Crippen LogP contribution in [0.1, 0.15) is 76.3 Å². The molecule has 0 atom stereocenters. The van der Waals surface area contributed by atoms with E-state index in [-0.39, 0.29) is 16.2 Å². The lowest BCUT2D eigenvalue weighted by atomic mass is 9.71. The van der Waals surface area contributed by atoms with Gasteiger partial charge >= 0.3 is 0 Å². The van der Waals surface area contributed by atoms with Crippen LogP contribution in [0.2, 0.25) is 0 Å². The molecule has 2 aliphatic carbocycles. The summed E-state index contributed by atoms with van der Waals surface area (Å²) in [5, 5.41) is 4.70. The third-order valence-electron chi connectivity index (χ3n) is 14.0. The number of aromatic nitrogens is 1. The Kier molecular flexibility index (Phi) is 7.31. The van der Waals surface area contributed by atoms with Crippen LogP contribution in [-0.2, 0) is 16.2 Å². The minimum atomic E-state index is -0.306. The van der Waals surface area contributed by atoms with E-state index in [4.69, 9.17) is 4.42 Å². The summed E-state index contributed by atoms with van der Waals surface area (Å²) in [6, 6.07) is 60.4. The van der Waals surface area contributed by atoms with Crippen LogP contribution < -0.4 is 4.90 Å². The molecule has 8 aromatic carbocycles.